The molecule has 4 aliphatic rings. The fourth-order valence-electron chi connectivity index (χ4n) is 5.46. The molecule has 2 bridgehead atoms. The summed E-state index contributed by atoms with van der Waals surface area (Å²) in [6.45, 7) is 2.42. The van der Waals surface area contributed by atoms with Crippen molar-refractivity contribution in [3.63, 3.8) is 0 Å². The van der Waals surface area contributed by atoms with Gasteiger partial charge >= 0.3 is 0 Å². The molecule has 4 saturated carbocycles. The maximum Gasteiger partial charge on any atom is -0.0230 e. The third-order valence-corrected chi connectivity index (χ3v) is 5.88. The van der Waals surface area contributed by atoms with Crippen LogP contribution in [-0.2, 0) is 0 Å². The lowest BCUT2D eigenvalue weighted by Crippen LogP contribution is -2.38. The molecule has 0 N–H and O–H groups in total. The average molecular weight is 162 g/mol. The zero-order valence-electron chi connectivity index (χ0n) is 7.92. The van der Waals surface area contributed by atoms with Crippen LogP contribution in [0.4, 0.5) is 0 Å². The van der Waals surface area contributed by atoms with Crippen molar-refractivity contribution in [2.24, 2.45) is 35.0 Å². The molecule has 66 valence electrons. The van der Waals surface area contributed by atoms with Crippen LogP contribution in [0.15, 0.2) is 0 Å². The van der Waals surface area contributed by atoms with E-state index in [1.165, 1.54) is 30.1 Å². The molecule has 0 radical (unpaired) electrons. The fourth-order valence-corrected chi connectivity index (χ4v) is 5.46. The molecule has 0 amide bonds. The summed E-state index contributed by atoms with van der Waals surface area (Å²) in [4.78, 5) is 0. The Kier molecular flexibility index (Phi) is 0.875. The molecule has 12 heavy (non-hydrogen) atoms. The second-order valence-corrected chi connectivity index (χ2v) is 5.92. The van der Waals surface area contributed by atoms with Gasteiger partial charge in [0.2, 0.25) is 0 Å². The van der Waals surface area contributed by atoms with Gasteiger partial charge in [0.1, 0.15) is 0 Å². The molecule has 4 fully saturated rings. The van der Waals surface area contributed by atoms with Crippen molar-refractivity contribution in [1.29, 1.82) is 0 Å². The molecule has 6 unspecified atom stereocenters. The summed E-state index contributed by atoms with van der Waals surface area (Å²) in [7, 11) is 0. The summed E-state index contributed by atoms with van der Waals surface area (Å²) in [6, 6.07) is 0. The predicted molar refractivity (Wildman–Crippen MR) is 48.6 cm³/mol. The minimum atomic E-state index is 0.971. The second-order valence-electron chi connectivity index (χ2n) is 5.92. The van der Waals surface area contributed by atoms with Gasteiger partial charge in [0.25, 0.3) is 0 Å². The molecule has 0 aliphatic heterocycles. The topological polar surface area (TPSA) is 0 Å². The zero-order chi connectivity index (χ0) is 7.92. The van der Waals surface area contributed by atoms with E-state index in [0.717, 1.165) is 11.3 Å². The van der Waals surface area contributed by atoms with Crippen molar-refractivity contribution >= 4 is 0 Å². The van der Waals surface area contributed by atoms with Gasteiger partial charge in [-0.25, -0.2) is 0 Å². The van der Waals surface area contributed by atoms with E-state index >= 15 is 0 Å². The molecule has 0 aromatic carbocycles. The molecular formula is C12H18. The lowest BCUT2D eigenvalue weighted by molar-refractivity contribution is 0.0384. The van der Waals surface area contributed by atoms with E-state index in [0.29, 0.717) is 0 Å². The molecular weight excluding hydrogens is 144 g/mol. The van der Waals surface area contributed by atoms with Crippen LogP contribution >= 0.6 is 0 Å². The van der Waals surface area contributed by atoms with Gasteiger partial charge in [-0.15, -0.1) is 0 Å². The fraction of sp³-hybridized carbons (Fsp3) is 1.00. The van der Waals surface area contributed by atoms with Gasteiger partial charge < -0.3 is 0 Å². The Morgan fingerprint density at radius 3 is 2.83 bits per heavy atom. The van der Waals surface area contributed by atoms with Crippen LogP contribution in [-0.4, -0.2) is 0 Å². The first-order chi connectivity index (χ1) is 5.85. The molecule has 0 heteroatoms. The van der Waals surface area contributed by atoms with Crippen LogP contribution in [0.1, 0.15) is 39.0 Å². The Balaban J connectivity index is 1.78. The van der Waals surface area contributed by atoms with E-state index in [9.17, 15) is 0 Å². The maximum atomic E-state index is 2.42. The van der Waals surface area contributed by atoms with Gasteiger partial charge in [-0.3, -0.25) is 0 Å². The lowest BCUT2D eigenvalue weighted by Gasteiger charge is -2.45. The standard InChI is InChI=1S/C12H18/c1-2-9-7-3-8-5-12(6-11(9)12)10(8)4-7/h7-11H,2-6H2,1H3. The lowest BCUT2D eigenvalue weighted by atomic mass is 9.60. The number of hydrogen-bond acceptors (Lipinski definition) is 0. The van der Waals surface area contributed by atoms with Crippen LogP contribution in [0.25, 0.3) is 0 Å². The third kappa shape index (κ3) is 0.459. The Labute approximate surface area is 74.7 Å². The SMILES string of the molecule is CCC1C2CC3CC4(CC14)C3C2. The highest BCUT2D eigenvalue weighted by molar-refractivity contribution is 5.23. The summed E-state index contributed by atoms with van der Waals surface area (Å²) in [5, 5.41) is 0. The number of hydrogen-bond donors (Lipinski definition) is 0. The Morgan fingerprint density at radius 2 is 2.00 bits per heavy atom. The van der Waals surface area contributed by atoms with Crippen molar-refractivity contribution < 1.29 is 0 Å². The number of rotatable bonds is 1. The summed E-state index contributed by atoms with van der Waals surface area (Å²) < 4.78 is 0. The first-order valence-corrected chi connectivity index (χ1v) is 5.85. The summed E-state index contributed by atoms with van der Waals surface area (Å²) >= 11 is 0. The molecule has 0 saturated heterocycles. The van der Waals surface area contributed by atoms with Crippen LogP contribution in [0, 0.1) is 35.0 Å². The molecule has 1 spiro atoms. The Bertz CT molecular complexity index is 242. The largest absolute Gasteiger partial charge is 0.0651 e. The van der Waals surface area contributed by atoms with E-state index in [-0.39, 0.29) is 0 Å². The summed E-state index contributed by atoms with van der Waals surface area (Å²) in [5.74, 6) is 5.98. The molecule has 0 aromatic rings. The summed E-state index contributed by atoms with van der Waals surface area (Å²) in [5.41, 5.74) is 0.971. The highest BCUT2D eigenvalue weighted by atomic mass is 14.8. The second kappa shape index (κ2) is 1.63. The molecule has 6 atom stereocenters. The van der Waals surface area contributed by atoms with Crippen LogP contribution < -0.4 is 0 Å². The minimum absolute atomic E-state index is 0.971. The Hall–Kier alpha value is 0. The quantitative estimate of drug-likeness (QED) is 0.556. The average Bonchev–Trinajstić information content (AvgIpc) is 2.70. The molecule has 4 aliphatic carbocycles. The number of fused-ring (bicyclic) bond motifs is 1. The van der Waals surface area contributed by atoms with Crippen LogP contribution in [0.3, 0.4) is 0 Å². The highest BCUT2D eigenvalue weighted by Gasteiger charge is 2.75. The van der Waals surface area contributed by atoms with E-state index in [1.807, 2.05) is 0 Å². The maximum absolute atomic E-state index is 2.42. The van der Waals surface area contributed by atoms with Crippen molar-refractivity contribution in [2.45, 2.75) is 39.0 Å². The van der Waals surface area contributed by atoms with Crippen molar-refractivity contribution in [3.05, 3.63) is 0 Å². The zero-order valence-corrected chi connectivity index (χ0v) is 7.92. The van der Waals surface area contributed by atoms with E-state index < -0.39 is 0 Å². The van der Waals surface area contributed by atoms with Crippen LogP contribution in [0.5, 0.6) is 0 Å². The molecule has 0 nitrogen and oxygen atoms in total. The molecule has 0 aromatic heterocycles. The smallest absolute Gasteiger partial charge is 0.0230 e. The Morgan fingerprint density at radius 1 is 1.08 bits per heavy atom. The van der Waals surface area contributed by atoms with Gasteiger partial charge in [-0.05, 0) is 60.7 Å². The third-order valence-electron chi connectivity index (χ3n) is 5.88. The highest BCUT2D eigenvalue weighted by Crippen LogP contribution is 2.82. The van der Waals surface area contributed by atoms with Gasteiger partial charge in [0.15, 0.2) is 0 Å². The van der Waals surface area contributed by atoms with Crippen molar-refractivity contribution in [3.8, 4) is 0 Å². The van der Waals surface area contributed by atoms with E-state index in [2.05, 4.69) is 6.92 Å². The minimum Gasteiger partial charge on any atom is -0.0651 e. The van der Waals surface area contributed by atoms with E-state index in [4.69, 9.17) is 0 Å². The summed E-state index contributed by atoms with van der Waals surface area (Å²) in [6.07, 6.45) is 8.04. The normalized spacial score (nSPS) is 70.2. The van der Waals surface area contributed by atoms with Crippen molar-refractivity contribution in [2.75, 3.05) is 0 Å². The van der Waals surface area contributed by atoms with Crippen LogP contribution in [0.2, 0.25) is 0 Å². The first-order valence-electron chi connectivity index (χ1n) is 5.85. The van der Waals surface area contributed by atoms with Gasteiger partial charge in [-0.2, -0.15) is 0 Å². The van der Waals surface area contributed by atoms with Gasteiger partial charge in [0, 0.05) is 0 Å². The first kappa shape index (κ1) is 6.45. The van der Waals surface area contributed by atoms with Gasteiger partial charge in [0.05, 0.1) is 0 Å². The molecule has 4 rings (SSSR count). The predicted octanol–water partition coefficient (Wildman–Crippen LogP) is 3.08. The van der Waals surface area contributed by atoms with E-state index in [1.54, 1.807) is 25.7 Å². The van der Waals surface area contributed by atoms with Gasteiger partial charge in [-0.1, -0.05) is 13.3 Å². The molecule has 0 heterocycles. The monoisotopic (exact) mass is 162 g/mol. The van der Waals surface area contributed by atoms with Crippen molar-refractivity contribution in [1.82, 2.24) is 0 Å².